The molecule has 126 valence electrons. The topological polar surface area (TPSA) is 55.1 Å². The lowest BCUT2D eigenvalue weighted by Gasteiger charge is -2.32. The Hall–Kier alpha value is -1.35. The Morgan fingerprint density at radius 3 is 2.74 bits per heavy atom. The number of aryl methyl sites for hydroxylation is 1. The summed E-state index contributed by atoms with van der Waals surface area (Å²) in [7, 11) is 0. The van der Waals surface area contributed by atoms with Gasteiger partial charge in [0.2, 0.25) is 5.91 Å². The van der Waals surface area contributed by atoms with E-state index >= 15 is 0 Å². The van der Waals surface area contributed by atoms with Crippen LogP contribution in [0, 0.1) is 12.8 Å². The summed E-state index contributed by atoms with van der Waals surface area (Å²) in [6, 6.07) is 9.03. The molecule has 1 aromatic rings. The Balaban J connectivity index is 1.67. The molecule has 1 amide bonds. The third kappa shape index (κ3) is 3.77. The lowest BCUT2D eigenvalue weighted by atomic mass is 9.78. The van der Waals surface area contributed by atoms with Gasteiger partial charge >= 0.3 is 0 Å². The van der Waals surface area contributed by atoms with Gasteiger partial charge in [0.1, 0.15) is 0 Å². The molecule has 3 heteroatoms. The zero-order valence-corrected chi connectivity index (χ0v) is 14.3. The lowest BCUT2D eigenvalue weighted by molar-refractivity contribution is -0.126. The van der Waals surface area contributed by atoms with Crippen LogP contribution in [0.25, 0.3) is 0 Å². The van der Waals surface area contributed by atoms with Crippen LogP contribution in [0.2, 0.25) is 0 Å². The van der Waals surface area contributed by atoms with Crippen LogP contribution in [0.4, 0.5) is 0 Å². The second-order valence-corrected chi connectivity index (χ2v) is 7.70. The monoisotopic (exact) mass is 314 g/mol. The van der Waals surface area contributed by atoms with Gasteiger partial charge in [-0.2, -0.15) is 0 Å². The number of amides is 1. The highest BCUT2D eigenvalue weighted by atomic mass is 16.1. The molecule has 3 rings (SSSR count). The maximum absolute atomic E-state index is 12.6. The molecule has 1 aromatic carbocycles. The molecular formula is C20H30N2O. The minimum Gasteiger partial charge on any atom is -0.355 e. The number of hydrogen-bond acceptors (Lipinski definition) is 2. The minimum absolute atomic E-state index is 0.120. The highest BCUT2D eigenvalue weighted by Crippen LogP contribution is 2.41. The van der Waals surface area contributed by atoms with Gasteiger partial charge in [-0.3, -0.25) is 4.79 Å². The highest BCUT2D eigenvalue weighted by Gasteiger charge is 2.36. The first kappa shape index (κ1) is 16.5. The summed E-state index contributed by atoms with van der Waals surface area (Å²) in [5.41, 5.74) is 8.88. The Morgan fingerprint density at radius 1 is 1.26 bits per heavy atom. The van der Waals surface area contributed by atoms with E-state index in [4.69, 9.17) is 5.73 Å². The summed E-state index contributed by atoms with van der Waals surface area (Å²) in [5, 5.41) is 3.28. The average molecular weight is 314 g/mol. The van der Waals surface area contributed by atoms with Crippen molar-refractivity contribution in [1.29, 1.82) is 0 Å². The maximum Gasteiger partial charge on any atom is 0.223 e. The van der Waals surface area contributed by atoms with E-state index in [0.29, 0.717) is 0 Å². The number of nitrogens with two attached hydrogens (primary N) is 1. The van der Waals surface area contributed by atoms with Crippen molar-refractivity contribution in [2.75, 3.05) is 6.54 Å². The molecule has 0 saturated heterocycles. The molecule has 0 aromatic heterocycles. The molecule has 0 bridgehead atoms. The van der Waals surface area contributed by atoms with Crippen molar-refractivity contribution >= 4 is 5.91 Å². The number of rotatable bonds is 4. The van der Waals surface area contributed by atoms with Crippen LogP contribution in [0.1, 0.15) is 62.5 Å². The van der Waals surface area contributed by atoms with Crippen molar-refractivity contribution in [3.63, 3.8) is 0 Å². The summed E-state index contributed by atoms with van der Waals surface area (Å²) in [5.74, 6) is 0.341. The predicted molar refractivity (Wildman–Crippen MR) is 94.3 cm³/mol. The van der Waals surface area contributed by atoms with E-state index in [2.05, 4.69) is 36.5 Å². The van der Waals surface area contributed by atoms with Gasteiger partial charge in [-0.1, -0.05) is 49.1 Å². The molecule has 2 aliphatic rings. The molecule has 2 aliphatic carbocycles. The Bertz CT molecular complexity index is 548. The normalized spacial score (nSPS) is 26.9. The molecule has 2 fully saturated rings. The van der Waals surface area contributed by atoms with Crippen LogP contribution < -0.4 is 11.1 Å². The number of nitrogens with one attached hydrogen (secondary N) is 1. The second kappa shape index (κ2) is 7.04. The summed E-state index contributed by atoms with van der Waals surface area (Å²) in [6.07, 6.45) is 8.89. The van der Waals surface area contributed by atoms with E-state index in [1.807, 2.05) is 0 Å². The first-order valence-electron chi connectivity index (χ1n) is 9.19. The quantitative estimate of drug-likeness (QED) is 0.894. The third-order valence-corrected chi connectivity index (χ3v) is 5.88. The molecule has 0 radical (unpaired) electrons. The second-order valence-electron chi connectivity index (χ2n) is 7.70. The zero-order valence-electron chi connectivity index (χ0n) is 14.3. The smallest absolute Gasteiger partial charge is 0.223 e. The molecule has 0 spiro atoms. The minimum atomic E-state index is 0.120. The largest absolute Gasteiger partial charge is 0.355 e. The van der Waals surface area contributed by atoms with Crippen LogP contribution >= 0.6 is 0 Å². The summed E-state index contributed by atoms with van der Waals surface area (Å²) < 4.78 is 0. The van der Waals surface area contributed by atoms with Crippen molar-refractivity contribution in [3.05, 3.63) is 35.4 Å². The number of benzene rings is 1. The molecule has 3 nitrogen and oxygen atoms in total. The Morgan fingerprint density at radius 2 is 2.04 bits per heavy atom. The van der Waals surface area contributed by atoms with Crippen molar-refractivity contribution in [3.8, 4) is 0 Å². The molecule has 3 N–H and O–H groups in total. The van der Waals surface area contributed by atoms with Gasteiger partial charge in [0.25, 0.3) is 0 Å². The van der Waals surface area contributed by atoms with E-state index in [9.17, 15) is 4.79 Å². The summed E-state index contributed by atoms with van der Waals surface area (Å²) in [6.45, 7) is 2.93. The molecule has 2 atom stereocenters. The van der Waals surface area contributed by atoms with Crippen LogP contribution in [0.3, 0.4) is 0 Å². The van der Waals surface area contributed by atoms with Gasteiger partial charge in [-0.25, -0.2) is 0 Å². The van der Waals surface area contributed by atoms with Crippen molar-refractivity contribution in [2.45, 2.75) is 69.7 Å². The predicted octanol–water partition coefficient (Wildman–Crippen LogP) is 3.44. The van der Waals surface area contributed by atoms with Crippen molar-refractivity contribution < 1.29 is 4.79 Å². The maximum atomic E-state index is 12.6. The fourth-order valence-electron chi connectivity index (χ4n) is 4.46. The number of hydrogen-bond donors (Lipinski definition) is 2. The van der Waals surface area contributed by atoms with Crippen LogP contribution in [0.15, 0.2) is 24.3 Å². The molecule has 2 unspecified atom stereocenters. The summed E-state index contributed by atoms with van der Waals surface area (Å²) >= 11 is 0. The number of carbonyl (C=O) groups is 1. The first-order chi connectivity index (χ1) is 11.1. The van der Waals surface area contributed by atoms with E-state index in [-0.39, 0.29) is 23.3 Å². The fourth-order valence-corrected chi connectivity index (χ4v) is 4.46. The van der Waals surface area contributed by atoms with Crippen LogP contribution in [-0.4, -0.2) is 18.5 Å². The third-order valence-electron chi connectivity index (χ3n) is 5.88. The van der Waals surface area contributed by atoms with Crippen LogP contribution in [0.5, 0.6) is 0 Å². The number of carbonyl (C=O) groups excluding carboxylic acids is 1. The standard InChI is InChI=1S/C20H30N2O/c1-15-6-4-8-17(12-15)20(10-2-3-11-20)14-22-19(23)16-7-5-9-18(21)13-16/h4,6,8,12,16,18H,2-3,5,7,9-11,13-14,21H2,1H3,(H,22,23). The highest BCUT2D eigenvalue weighted by molar-refractivity contribution is 5.79. The van der Waals surface area contributed by atoms with Gasteiger partial charge in [-0.05, 0) is 44.6 Å². The molecular weight excluding hydrogens is 284 g/mol. The van der Waals surface area contributed by atoms with Crippen LogP contribution in [-0.2, 0) is 10.2 Å². The van der Waals surface area contributed by atoms with Crippen molar-refractivity contribution in [1.82, 2.24) is 5.32 Å². The van der Waals surface area contributed by atoms with Gasteiger partial charge in [-0.15, -0.1) is 0 Å². The SMILES string of the molecule is Cc1cccc(C2(CNC(=O)C3CCCC(N)C3)CCCC2)c1. The average Bonchev–Trinajstić information content (AvgIpc) is 3.03. The molecule has 0 aliphatic heterocycles. The van der Waals surface area contributed by atoms with E-state index in [1.165, 1.54) is 36.8 Å². The van der Waals surface area contributed by atoms with Gasteiger partial charge in [0, 0.05) is 23.9 Å². The molecule has 0 heterocycles. The molecule has 23 heavy (non-hydrogen) atoms. The van der Waals surface area contributed by atoms with Gasteiger partial charge < -0.3 is 11.1 Å². The Kier molecular flexibility index (Phi) is 5.05. The zero-order chi connectivity index (χ0) is 16.3. The van der Waals surface area contributed by atoms with Crippen molar-refractivity contribution in [2.24, 2.45) is 11.7 Å². The van der Waals surface area contributed by atoms with E-state index < -0.39 is 0 Å². The van der Waals surface area contributed by atoms with Gasteiger partial charge in [0.15, 0.2) is 0 Å². The van der Waals surface area contributed by atoms with Gasteiger partial charge in [0.05, 0.1) is 0 Å². The fraction of sp³-hybridized carbons (Fsp3) is 0.650. The Labute approximate surface area is 140 Å². The first-order valence-corrected chi connectivity index (χ1v) is 9.19. The molecule has 2 saturated carbocycles. The lowest BCUT2D eigenvalue weighted by Crippen LogP contribution is -2.43. The van der Waals surface area contributed by atoms with E-state index in [0.717, 1.165) is 32.2 Å². The summed E-state index contributed by atoms with van der Waals surface area (Å²) in [4.78, 5) is 12.6. The van der Waals surface area contributed by atoms with E-state index in [1.54, 1.807) is 0 Å².